The van der Waals surface area contributed by atoms with Crippen LogP contribution in [0.25, 0.3) is 0 Å². The van der Waals surface area contributed by atoms with Crippen molar-refractivity contribution in [1.82, 2.24) is 10.2 Å². The molecule has 0 aromatic heterocycles. The summed E-state index contributed by atoms with van der Waals surface area (Å²) in [5.74, 6) is -0.793. The number of amides is 2. The van der Waals surface area contributed by atoms with E-state index in [9.17, 15) is 18.0 Å². The first-order valence-electron chi connectivity index (χ1n) is 10.7. The summed E-state index contributed by atoms with van der Waals surface area (Å²) >= 11 is 6.24. The highest BCUT2D eigenvalue weighted by Gasteiger charge is 2.33. The zero-order valence-corrected chi connectivity index (χ0v) is 21.3. The monoisotopic (exact) mass is 493 g/mol. The average molecular weight is 494 g/mol. The summed E-state index contributed by atoms with van der Waals surface area (Å²) in [5, 5.41) is 3.14. The highest BCUT2D eigenvalue weighted by Crippen LogP contribution is 2.27. The molecule has 180 valence electrons. The number of rotatable bonds is 9. The average Bonchev–Trinajstić information content (AvgIpc) is 2.71. The number of sulfonamides is 1. The summed E-state index contributed by atoms with van der Waals surface area (Å²) in [7, 11) is -3.82. The predicted molar refractivity (Wildman–Crippen MR) is 133 cm³/mol. The van der Waals surface area contributed by atoms with Crippen molar-refractivity contribution in [2.24, 2.45) is 0 Å². The summed E-state index contributed by atoms with van der Waals surface area (Å²) in [6.45, 7) is 7.10. The van der Waals surface area contributed by atoms with Gasteiger partial charge in [0.25, 0.3) is 0 Å². The van der Waals surface area contributed by atoms with Crippen molar-refractivity contribution in [1.29, 1.82) is 0 Å². The van der Waals surface area contributed by atoms with E-state index in [0.29, 0.717) is 6.42 Å². The van der Waals surface area contributed by atoms with Gasteiger partial charge in [-0.25, -0.2) is 8.42 Å². The summed E-state index contributed by atoms with van der Waals surface area (Å²) in [5.41, 5.74) is 0.556. The van der Waals surface area contributed by atoms with Crippen molar-refractivity contribution in [2.75, 3.05) is 17.1 Å². The van der Waals surface area contributed by atoms with Gasteiger partial charge in [0.05, 0.1) is 17.0 Å². The topological polar surface area (TPSA) is 86.8 Å². The fraction of sp³-hybridized carbons (Fsp3) is 0.417. The molecule has 1 unspecified atom stereocenters. The van der Waals surface area contributed by atoms with Crippen LogP contribution in [0, 0.1) is 0 Å². The van der Waals surface area contributed by atoms with Gasteiger partial charge < -0.3 is 10.2 Å². The van der Waals surface area contributed by atoms with E-state index in [-0.39, 0.29) is 23.2 Å². The van der Waals surface area contributed by atoms with E-state index in [4.69, 9.17) is 11.6 Å². The molecule has 2 amide bonds. The van der Waals surface area contributed by atoms with Gasteiger partial charge in [0, 0.05) is 12.1 Å². The molecule has 0 aliphatic carbocycles. The molecule has 0 heterocycles. The minimum atomic E-state index is -3.82. The first-order valence-corrected chi connectivity index (χ1v) is 12.9. The fourth-order valence-electron chi connectivity index (χ4n) is 3.40. The molecule has 0 saturated heterocycles. The second-order valence-corrected chi connectivity index (χ2v) is 11.2. The molecular formula is C24H32ClN3O4S. The van der Waals surface area contributed by atoms with Gasteiger partial charge in [0.15, 0.2) is 0 Å². The van der Waals surface area contributed by atoms with Gasteiger partial charge in [0.1, 0.15) is 12.6 Å². The molecule has 33 heavy (non-hydrogen) atoms. The number of carbonyl (C=O) groups is 2. The smallest absolute Gasteiger partial charge is 0.244 e. The van der Waals surface area contributed by atoms with Crippen LogP contribution in [-0.2, 0) is 26.2 Å². The number of nitrogens with one attached hydrogen (secondary N) is 1. The van der Waals surface area contributed by atoms with Gasteiger partial charge in [-0.15, -0.1) is 0 Å². The molecule has 0 spiro atoms. The third-order valence-electron chi connectivity index (χ3n) is 4.88. The number of nitrogens with zero attached hydrogens (tertiary/aromatic N) is 2. The van der Waals surface area contributed by atoms with Gasteiger partial charge >= 0.3 is 0 Å². The Morgan fingerprint density at radius 2 is 1.61 bits per heavy atom. The zero-order valence-electron chi connectivity index (χ0n) is 19.7. The van der Waals surface area contributed by atoms with E-state index >= 15 is 0 Å². The fourth-order valence-corrected chi connectivity index (χ4v) is 4.55. The van der Waals surface area contributed by atoms with Gasteiger partial charge in [-0.2, -0.15) is 0 Å². The van der Waals surface area contributed by atoms with Crippen molar-refractivity contribution >= 4 is 39.1 Å². The van der Waals surface area contributed by atoms with Crippen LogP contribution >= 0.6 is 11.6 Å². The standard InChI is InChI=1S/C24H32ClN3O4S/c1-6-20(23(30)26-24(2,3)4)27(16-18-12-8-7-9-13-18)22(29)17-28(33(5,31)32)21-15-11-10-14-19(21)25/h7-15,20H,6,16-17H2,1-5H3,(H,26,30). The molecule has 7 nitrogen and oxygen atoms in total. The Morgan fingerprint density at radius 3 is 2.12 bits per heavy atom. The molecule has 0 aliphatic rings. The lowest BCUT2D eigenvalue weighted by atomic mass is 10.1. The molecule has 0 saturated carbocycles. The Balaban J connectivity index is 2.44. The van der Waals surface area contributed by atoms with Crippen molar-refractivity contribution < 1.29 is 18.0 Å². The van der Waals surface area contributed by atoms with Crippen LogP contribution in [0.2, 0.25) is 5.02 Å². The van der Waals surface area contributed by atoms with Crippen molar-refractivity contribution in [3.8, 4) is 0 Å². The first kappa shape index (κ1) is 26.7. The molecule has 9 heteroatoms. The number of carbonyl (C=O) groups excluding carboxylic acids is 2. The third kappa shape index (κ3) is 7.75. The lowest BCUT2D eigenvalue weighted by Crippen LogP contribution is -2.55. The van der Waals surface area contributed by atoms with E-state index in [1.54, 1.807) is 24.3 Å². The van der Waals surface area contributed by atoms with Crippen LogP contribution in [-0.4, -0.2) is 49.5 Å². The molecule has 2 aromatic rings. The molecule has 2 aromatic carbocycles. The van der Waals surface area contributed by atoms with Crippen LogP contribution < -0.4 is 9.62 Å². The number of benzene rings is 2. The zero-order chi connectivity index (χ0) is 24.8. The number of hydrogen-bond donors (Lipinski definition) is 1. The Labute approximate surface area is 201 Å². The summed E-state index contributed by atoms with van der Waals surface area (Å²) in [6, 6.07) is 14.9. The van der Waals surface area contributed by atoms with E-state index < -0.39 is 34.1 Å². The van der Waals surface area contributed by atoms with Crippen LogP contribution in [0.1, 0.15) is 39.7 Å². The van der Waals surface area contributed by atoms with Crippen LogP contribution in [0.15, 0.2) is 54.6 Å². The highest BCUT2D eigenvalue weighted by atomic mass is 35.5. The van der Waals surface area contributed by atoms with E-state index in [1.165, 1.54) is 4.90 Å². The van der Waals surface area contributed by atoms with Gasteiger partial charge in [-0.3, -0.25) is 13.9 Å². The summed E-state index contributed by atoms with van der Waals surface area (Å²) in [4.78, 5) is 28.1. The molecule has 1 atom stereocenters. The molecule has 0 bridgehead atoms. The normalized spacial score (nSPS) is 12.7. The highest BCUT2D eigenvalue weighted by molar-refractivity contribution is 7.92. The lowest BCUT2D eigenvalue weighted by molar-refractivity contribution is -0.141. The predicted octanol–water partition coefficient (Wildman–Crippen LogP) is 3.83. The Bertz CT molecular complexity index is 1070. The summed E-state index contributed by atoms with van der Waals surface area (Å²) < 4.78 is 26.1. The molecule has 2 rings (SSSR count). The van der Waals surface area contributed by atoms with Crippen LogP contribution in [0.4, 0.5) is 5.69 Å². The maximum atomic E-state index is 13.6. The lowest BCUT2D eigenvalue weighted by Gasteiger charge is -2.34. The largest absolute Gasteiger partial charge is 0.350 e. The quantitative estimate of drug-likeness (QED) is 0.575. The number of halogens is 1. The van der Waals surface area contributed by atoms with Crippen molar-refractivity contribution in [2.45, 2.75) is 52.2 Å². The number of hydrogen-bond acceptors (Lipinski definition) is 4. The van der Waals surface area contributed by atoms with Gasteiger partial charge in [0.2, 0.25) is 21.8 Å². The second kappa shape index (κ2) is 11.0. The van der Waals surface area contributed by atoms with Crippen LogP contribution in [0.5, 0.6) is 0 Å². The number of para-hydroxylation sites is 1. The minimum absolute atomic E-state index is 0.163. The second-order valence-electron chi connectivity index (χ2n) is 8.89. The van der Waals surface area contributed by atoms with Crippen molar-refractivity contribution in [3.63, 3.8) is 0 Å². The van der Waals surface area contributed by atoms with E-state index in [1.807, 2.05) is 58.0 Å². The van der Waals surface area contributed by atoms with Gasteiger partial charge in [-0.1, -0.05) is 61.0 Å². The molecular weight excluding hydrogens is 462 g/mol. The molecule has 0 aliphatic heterocycles. The maximum absolute atomic E-state index is 13.6. The SMILES string of the molecule is CCC(C(=O)NC(C)(C)C)N(Cc1ccccc1)C(=O)CN(c1ccccc1Cl)S(C)(=O)=O. The minimum Gasteiger partial charge on any atom is -0.350 e. The van der Waals surface area contributed by atoms with E-state index in [2.05, 4.69) is 5.32 Å². The Hall–Kier alpha value is -2.58. The van der Waals surface area contributed by atoms with Crippen molar-refractivity contribution in [3.05, 3.63) is 65.2 Å². The molecule has 0 radical (unpaired) electrons. The Kier molecular flexibility index (Phi) is 8.91. The van der Waals surface area contributed by atoms with Gasteiger partial charge in [-0.05, 0) is 44.9 Å². The number of anilines is 1. The Morgan fingerprint density at radius 1 is 1.03 bits per heavy atom. The molecule has 1 N–H and O–H groups in total. The molecule has 0 fully saturated rings. The van der Waals surface area contributed by atoms with Crippen LogP contribution in [0.3, 0.4) is 0 Å². The summed E-state index contributed by atoms with van der Waals surface area (Å²) in [6.07, 6.45) is 1.39. The third-order valence-corrected chi connectivity index (χ3v) is 6.33. The first-order chi connectivity index (χ1) is 15.3. The van der Waals surface area contributed by atoms with E-state index in [0.717, 1.165) is 16.1 Å². The maximum Gasteiger partial charge on any atom is 0.244 e.